The molecule has 0 heterocycles. The van der Waals surface area contributed by atoms with Gasteiger partial charge in [0.15, 0.2) is 0 Å². The van der Waals surface area contributed by atoms with E-state index in [9.17, 15) is 19.0 Å². The standard InChI is InChI=1S/C21H26NO6P/c1-13(2)9-19(22-20(23)16-5-7-17(8-6-16)21(24)25)29(26,27)28-18-11-14(3)10-15(4)12-18/h5-8,10-13,19H,9H2,1-4H3,(H,22,23)(H,24,25)(H,26,27)/t19-/m0/s1. The molecule has 0 aromatic heterocycles. The van der Waals surface area contributed by atoms with Crippen LogP contribution in [0, 0.1) is 19.8 Å². The van der Waals surface area contributed by atoms with Gasteiger partial charge in [-0.2, -0.15) is 0 Å². The third-order valence-electron chi connectivity index (χ3n) is 4.21. The molecule has 8 heteroatoms. The highest BCUT2D eigenvalue weighted by Gasteiger charge is 2.36. The Bertz CT molecular complexity index is 918. The molecule has 2 rings (SSSR count). The first-order valence-corrected chi connectivity index (χ1v) is 10.9. The molecular formula is C21H26NO6P. The van der Waals surface area contributed by atoms with E-state index in [-0.39, 0.29) is 29.2 Å². The maximum absolute atomic E-state index is 13.0. The van der Waals surface area contributed by atoms with E-state index in [0.717, 1.165) is 11.1 Å². The van der Waals surface area contributed by atoms with Crippen molar-refractivity contribution in [2.75, 3.05) is 0 Å². The van der Waals surface area contributed by atoms with Crippen molar-refractivity contribution in [2.45, 2.75) is 39.9 Å². The van der Waals surface area contributed by atoms with Gasteiger partial charge in [0.2, 0.25) is 0 Å². The van der Waals surface area contributed by atoms with Crippen LogP contribution in [0.15, 0.2) is 42.5 Å². The number of amides is 1. The number of hydrogen-bond donors (Lipinski definition) is 3. The molecule has 2 aromatic rings. The van der Waals surface area contributed by atoms with Gasteiger partial charge < -0.3 is 19.8 Å². The summed E-state index contributed by atoms with van der Waals surface area (Å²) >= 11 is 0. The summed E-state index contributed by atoms with van der Waals surface area (Å²) in [6.07, 6.45) is 0.234. The number of nitrogens with one attached hydrogen (secondary N) is 1. The van der Waals surface area contributed by atoms with Crippen LogP contribution in [0.25, 0.3) is 0 Å². The lowest BCUT2D eigenvalue weighted by atomic mass is 10.1. The number of aromatic carboxylic acids is 1. The lowest BCUT2D eigenvalue weighted by Gasteiger charge is -2.25. The molecule has 3 N–H and O–H groups in total. The number of hydrogen-bond acceptors (Lipinski definition) is 4. The van der Waals surface area contributed by atoms with Gasteiger partial charge >= 0.3 is 13.6 Å². The van der Waals surface area contributed by atoms with Gasteiger partial charge in [-0.3, -0.25) is 4.79 Å². The number of carbonyl (C=O) groups excluding carboxylic acids is 1. The van der Waals surface area contributed by atoms with E-state index in [4.69, 9.17) is 9.63 Å². The summed E-state index contributed by atoms with van der Waals surface area (Å²) in [6, 6.07) is 10.6. The van der Waals surface area contributed by atoms with E-state index < -0.39 is 25.3 Å². The van der Waals surface area contributed by atoms with Crippen LogP contribution in [-0.2, 0) is 4.57 Å². The molecule has 0 fully saturated rings. The Morgan fingerprint density at radius 1 is 1.03 bits per heavy atom. The van der Waals surface area contributed by atoms with Crippen LogP contribution in [0.4, 0.5) is 0 Å². The molecule has 1 unspecified atom stereocenters. The van der Waals surface area contributed by atoms with Crippen molar-refractivity contribution in [3.05, 3.63) is 64.7 Å². The highest BCUT2D eigenvalue weighted by molar-refractivity contribution is 7.54. The SMILES string of the molecule is Cc1cc(C)cc(OP(=O)(O)[C@@H](CC(C)C)NC(=O)c2ccc(C(=O)O)cc2)c1. The smallest absolute Gasteiger partial charge is 0.398 e. The van der Waals surface area contributed by atoms with Crippen molar-refractivity contribution in [1.29, 1.82) is 0 Å². The normalized spacial score (nSPS) is 14.1. The first kappa shape index (κ1) is 22.7. The van der Waals surface area contributed by atoms with Crippen molar-refractivity contribution in [3.63, 3.8) is 0 Å². The second-order valence-corrected chi connectivity index (χ2v) is 9.41. The second kappa shape index (κ2) is 9.25. The van der Waals surface area contributed by atoms with Crippen molar-refractivity contribution in [1.82, 2.24) is 5.32 Å². The zero-order chi connectivity index (χ0) is 21.8. The third-order valence-corrected chi connectivity index (χ3v) is 5.81. The number of rotatable bonds is 8. The van der Waals surface area contributed by atoms with Crippen LogP contribution in [0.5, 0.6) is 5.75 Å². The van der Waals surface area contributed by atoms with Gasteiger partial charge in [-0.1, -0.05) is 19.9 Å². The summed E-state index contributed by atoms with van der Waals surface area (Å²) in [5.41, 5.74) is 2.02. The Balaban J connectivity index is 2.23. The molecule has 0 saturated heterocycles. The lowest BCUT2D eigenvalue weighted by Crippen LogP contribution is -2.36. The average Bonchev–Trinajstić information content (AvgIpc) is 2.59. The average molecular weight is 419 g/mol. The number of carboxylic acid groups (broad SMARTS) is 1. The molecule has 2 atom stereocenters. The van der Waals surface area contributed by atoms with E-state index in [0.29, 0.717) is 0 Å². The lowest BCUT2D eigenvalue weighted by molar-refractivity contribution is 0.0696. The highest BCUT2D eigenvalue weighted by Crippen LogP contribution is 2.49. The monoisotopic (exact) mass is 419 g/mol. The molecule has 0 saturated carbocycles. The van der Waals surface area contributed by atoms with Crippen LogP contribution in [-0.4, -0.2) is 27.7 Å². The van der Waals surface area contributed by atoms with Crippen LogP contribution >= 0.6 is 7.60 Å². The number of aryl methyl sites for hydroxylation is 2. The van der Waals surface area contributed by atoms with E-state index in [1.54, 1.807) is 12.1 Å². The van der Waals surface area contributed by atoms with E-state index in [1.165, 1.54) is 24.3 Å². The second-order valence-electron chi connectivity index (χ2n) is 7.48. The molecule has 0 spiro atoms. The molecule has 0 aliphatic rings. The molecule has 2 aromatic carbocycles. The van der Waals surface area contributed by atoms with Crippen LogP contribution in [0.1, 0.15) is 52.1 Å². The zero-order valence-electron chi connectivity index (χ0n) is 16.9. The van der Waals surface area contributed by atoms with Gasteiger partial charge in [0, 0.05) is 5.56 Å². The predicted octanol–water partition coefficient (Wildman–Crippen LogP) is 4.37. The molecule has 0 aliphatic heterocycles. The summed E-state index contributed by atoms with van der Waals surface area (Å²) in [6.45, 7) is 7.46. The zero-order valence-corrected chi connectivity index (χ0v) is 17.8. The fourth-order valence-electron chi connectivity index (χ4n) is 2.92. The minimum absolute atomic E-state index is 0.0259. The summed E-state index contributed by atoms with van der Waals surface area (Å²) < 4.78 is 18.4. The van der Waals surface area contributed by atoms with Crippen LogP contribution in [0.3, 0.4) is 0 Å². The fourth-order valence-corrected chi connectivity index (χ4v) is 4.42. The van der Waals surface area contributed by atoms with Gasteiger partial charge in [0.05, 0.1) is 5.56 Å². The largest absolute Gasteiger partial charge is 0.478 e. The third kappa shape index (κ3) is 6.44. The van der Waals surface area contributed by atoms with Crippen LogP contribution < -0.4 is 9.84 Å². The Hall–Kier alpha value is -2.63. The molecular weight excluding hydrogens is 393 g/mol. The summed E-state index contributed by atoms with van der Waals surface area (Å²) in [4.78, 5) is 34.1. The molecule has 7 nitrogen and oxygen atoms in total. The quantitative estimate of drug-likeness (QED) is 0.548. The highest BCUT2D eigenvalue weighted by atomic mass is 31.2. The van der Waals surface area contributed by atoms with Gasteiger partial charge in [0.1, 0.15) is 11.5 Å². The molecule has 0 radical (unpaired) electrons. The first-order chi connectivity index (χ1) is 13.5. The molecule has 0 bridgehead atoms. The first-order valence-electron chi connectivity index (χ1n) is 9.22. The Morgan fingerprint density at radius 2 is 1.55 bits per heavy atom. The fraction of sp³-hybridized carbons (Fsp3) is 0.333. The van der Waals surface area contributed by atoms with Crippen molar-refractivity contribution < 1.29 is 28.7 Å². The summed E-state index contributed by atoms with van der Waals surface area (Å²) in [7, 11) is -4.24. The topological polar surface area (TPSA) is 113 Å². The number of carbonyl (C=O) groups is 2. The molecule has 156 valence electrons. The van der Waals surface area contributed by atoms with E-state index in [1.807, 2.05) is 33.8 Å². The minimum atomic E-state index is -4.24. The van der Waals surface area contributed by atoms with Crippen molar-refractivity contribution >= 4 is 19.5 Å². The van der Waals surface area contributed by atoms with Crippen molar-refractivity contribution in [3.8, 4) is 5.75 Å². The Kier molecular flexibility index (Phi) is 7.22. The molecule has 1 amide bonds. The summed E-state index contributed by atoms with van der Waals surface area (Å²) in [5, 5.41) is 11.5. The predicted molar refractivity (Wildman–Crippen MR) is 110 cm³/mol. The molecule has 0 aliphatic carbocycles. The van der Waals surface area contributed by atoms with Crippen molar-refractivity contribution in [2.24, 2.45) is 5.92 Å². The number of carboxylic acids is 1. The van der Waals surface area contributed by atoms with Gasteiger partial charge in [0.25, 0.3) is 5.91 Å². The van der Waals surface area contributed by atoms with E-state index >= 15 is 0 Å². The summed E-state index contributed by atoms with van der Waals surface area (Å²) in [5.74, 6) is -2.50. The maximum atomic E-state index is 13.0. The van der Waals surface area contributed by atoms with Gasteiger partial charge in [-0.25, -0.2) is 9.36 Å². The van der Waals surface area contributed by atoms with Gasteiger partial charge in [-0.15, -0.1) is 0 Å². The van der Waals surface area contributed by atoms with E-state index in [2.05, 4.69) is 5.32 Å². The number of benzene rings is 2. The van der Waals surface area contributed by atoms with Gasteiger partial charge in [-0.05, 0) is 73.7 Å². The minimum Gasteiger partial charge on any atom is -0.478 e. The maximum Gasteiger partial charge on any atom is 0.398 e. The Morgan fingerprint density at radius 3 is 2.03 bits per heavy atom. The Labute approximate surface area is 170 Å². The van der Waals surface area contributed by atoms with Crippen LogP contribution in [0.2, 0.25) is 0 Å². The molecule has 29 heavy (non-hydrogen) atoms.